The Hall–Kier alpha value is -2.07. The van der Waals surface area contributed by atoms with E-state index in [1.54, 1.807) is 18.0 Å². The summed E-state index contributed by atoms with van der Waals surface area (Å²) in [5, 5.41) is 4.10. The largest absolute Gasteiger partial charge is 0.273 e. The lowest BCUT2D eigenvalue weighted by Crippen LogP contribution is -2.20. The quantitative estimate of drug-likeness (QED) is 0.462. The van der Waals surface area contributed by atoms with Gasteiger partial charge in [0.05, 0.1) is 6.21 Å². The Morgan fingerprint density at radius 3 is 2.35 bits per heavy atom. The molecule has 0 spiro atoms. The van der Waals surface area contributed by atoms with Gasteiger partial charge >= 0.3 is 0 Å². The van der Waals surface area contributed by atoms with Crippen LogP contribution < -0.4 is 5.43 Å². The van der Waals surface area contributed by atoms with Crippen molar-refractivity contribution in [2.75, 3.05) is 6.26 Å². The van der Waals surface area contributed by atoms with E-state index in [0.29, 0.717) is 5.92 Å². The van der Waals surface area contributed by atoms with Crippen LogP contribution in [0.1, 0.15) is 49.8 Å². The molecular formula is C22H26N2OS. The highest BCUT2D eigenvalue weighted by atomic mass is 32.2. The molecule has 1 amide bonds. The predicted molar refractivity (Wildman–Crippen MR) is 110 cm³/mol. The van der Waals surface area contributed by atoms with Gasteiger partial charge in [-0.05, 0) is 52.8 Å². The Balaban J connectivity index is 1.53. The number of nitrogens with zero attached hydrogens (tertiary/aromatic N) is 1. The summed E-state index contributed by atoms with van der Waals surface area (Å²) < 4.78 is 0. The van der Waals surface area contributed by atoms with Crippen molar-refractivity contribution in [3.63, 3.8) is 0 Å². The second-order valence-corrected chi connectivity index (χ2v) is 8.71. The summed E-state index contributed by atoms with van der Waals surface area (Å²) in [6, 6.07) is 16.8. The summed E-state index contributed by atoms with van der Waals surface area (Å²) in [6.45, 7) is 6.63. The number of benzene rings is 2. The molecule has 0 saturated heterocycles. The fraction of sp³-hybridized carbons (Fsp3) is 0.364. The van der Waals surface area contributed by atoms with Crippen LogP contribution in [0.3, 0.4) is 0 Å². The zero-order chi connectivity index (χ0) is 18.7. The minimum Gasteiger partial charge on any atom is -0.273 e. The maximum absolute atomic E-state index is 12.3. The van der Waals surface area contributed by atoms with E-state index in [2.05, 4.69) is 55.6 Å². The number of amides is 1. The summed E-state index contributed by atoms with van der Waals surface area (Å²) >= 11 is 1.70. The van der Waals surface area contributed by atoms with Crippen molar-refractivity contribution >= 4 is 23.9 Å². The van der Waals surface area contributed by atoms with Crippen molar-refractivity contribution in [1.29, 1.82) is 0 Å². The molecule has 0 aliphatic heterocycles. The summed E-state index contributed by atoms with van der Waals surface area (Å²) in [5.74, 6) is 0.360. The maximum atomic E-state index is 12.3. The van der Waals surface area contributed by atoms with Crippen molar-refractivity contribution in [3.05, 3.63) is 65.2 Å². The normalized spacial score (nSPS) is 19.5. The van der Waals surface area contributed by atoms with Crippen molar-refractivity contribution < 1.29 is 4.79 Å². The molecule has 3 rings (SSSR count). The molecule has 1 aliphatic carbocycles. The molecular weight excluding hydrogens is 340 g/mol. The fourth-order valence-electron chi connectivity index (χ4n) is 3.03. The standard InChI is InChI=1S/C22H26N2OS/c1-22(2,3)17-9-7-16(8-10-17)19-13-20(19)21(25)24-23-14-15-5-11-18(26-4)12-6-15/h5-12,14,19-20H,13H2,1-4H3,(H,24,25). The fourth-order valence-corrected chi connectivity index (χ4v) is 3.44. The number of hydrazone groups is 1. The van der Waals surface area contributed by atoms with Crippen molar-refractivity contribution in [1.82, 2.24) is 5.43 Å². The number of thioether (sulfide) groups is 1. The molecule has 2 aromatic carbocycles. The Labute approximate surface area is 160 Å². The van der Waals surface area contributed by atoms with E-state index in [1.165, 1.54) is 16.0 Å². The first-order valence-electron chi connectivity index (χ1n) is 8.96. The van der Waals surface area contributed by atoms with Crippen LogP contribution in [-0.4, -0.2) is 18.4 Å². The van der Waals surface area contributed by atoms with Gasteiger partial charge in [0.1, 0.15) is 0 Å². The van der Waals surface area contributed by atoms with E-state index >= 15 is 0 Å². The lowest BCUT2D eigenvalue weighted by atomic mass is 9.86. The average Bonchev–Trinajstić information content (AvgIpc) is 3.42. The third kappa shape index (κ3) is 4.55. The van der Waals surface area contributed by atoms with Crippen LogP contribution in [0, 0.1) is 5.92 Å². The van der Waals surface area contributed by atoms with Crippen LogP contribution in [0.2, 0.25) is 0 Å². The smallest absolute Gasteiger partial charge is 0.243 e. The Bertz CT molecular complexity index is 788. The van der Waals surface area contributed by atoms with Crippen LogP contribution in [0.25, 0.3) is 0 Å². The second-order valence-electron chi connectivity index (χ2n) is 7.83. The minimum absolute atomic E-state index is 0.00637. The zero-order valence-corrected chi connectivity index (χ0v) is 16.6. The molecule has 0 radical (unpaired) electrons. The first kappa shape index (κ1) is 18.7. The van der Waals surface area contributed by atoms with Crippen LogP contribution in [0.4, 0.5) is 0 Å². The van der Waals surface area contributed by atoms with Gasteiger partial charge in [-0.15, -0.1) is 11.8 Å². The van der Waals surface area contributed by atoms with E-state index in [1.807, 2.05) is 30.5 Å². The van der Waals surface area contributed by atoms with Gasteiger partial charge in [0.15, 0.2) is 0 Å². The van der Waals surface area contributed by atoms with Crippen molar-refractivity contribution in [2.24, 2.45) is 11.0 Å². The lowest BCUT2D eigenvalue weighted by molar-refractivity contribution is -0.122. The molecule has 4 heteroatoms. The molecule has 0 heterocycles. The number of rotatable bonds is 5. The third-order valence-corrected chi connectivity index (χ3v) is 5.58. The highest BCUT2D eigenvalue weighted by Gasteiger charge is 2.43. The van der Waals surface area contributed by atoms with Crippen LogP contribution in [0.15, 0.2) is 58.5 Å². The molecule has 2 atom stereocenters. The lowest BCUT2D eigenvalue weighted by Gasteiger charge is -2.19. The van der Waals surface area contributed by atoms with E-state index in [-0.39, 0.29) is 17.2 Å². The van der Waals surface area contributed by atoms with Gasteiger partial charge < -0.3 is 0 Å². The van der Waals surface area contributed by atoms with Gasteiger partial charge in [-0.3, -0.25) is 4.79 Å². The van der Waals surface area contributed by atoms with E-state index in [0.717, 1.165) is 12.0 Å². The molecule has 0 bridgehead atoms. The molecule has 3 nitrogen and oxygen atoms in total. The Morgan fingerprint density at radius 1 is 1.12 bits per heavy atom. The molecule has 1 fully saturated rings. The third-order valence-electron chi connectivity index (χ3n) is 4.84. The summed E-state index contributed by atoms with van der Waals surface area (Å²) in [7, 11) is 0. The molecule has 1 saturated carbocycles. The predicted octanol–water partition coefficient (Wildman–Crippen LogP) is 4.96. The van der Waals surface area contributed by atoms with E-state index in [4.69, 9.17) is 0 Å². The van der Waals surface area contributed by atoms with Crippen LogP contribution in [0.5, 0.6) is 0 Å². The van der Waals surface area contributed by atoms with Gasteiger partial charge in [0.2, 0.25) is 5.91 Å². The molecule has 136 valence electrons. The minimum atomic E-state index is 0.00637. The number of nitrogens with one attached hydrogen (secondary N) is 1. The molecule has 2 aromatic rings. The van der Waals surface area contributed by atoms with Crippen molar-refractivity contribution in [3.8, 4) is 0 Å². The Morgan fingerprint density at radius 2 is 1.77 bits per heavy atom. The highest BCUT2D eigenvalue weighted by molar-refractivity contribution is 7.98. The molecule has 2 unspecified atom stereocenters. The molecule has 26 heavy (non-hydrogen) atoms. The molecule has 1 N–H and O–H groups in total. The second kappa shape index (κ2) is 7.67. The number of carbonyl (C=O) groups is 1. The van der Waals surface area contributed by atoms with Gasteiger partial charge in [-0.25, -0.2) is 5.43 Å². The summed E-state index contributed by atoms with van der Waals surface area (Å²) in [4.78, 5) is 13.5. The first-order valence-corrected chi connectivity index (χ1v) is 10.2. The van der Waals surface area contributed by atoms with E-state index < -0.39 is 0 Å². The number of carbonyl (C=O) groups excluding carboxylic acids is 1. The van der Waals surface area contributed by atoms with Gasteiger partial charge in [0.25, 0.3) is 0 Å². The summed E-state index contributed by atoms with van der Waals surface area (Å²) in [6.07, 6.45) is 4.64. The van der Waals surface area contributed by atoms with Gasteiger partial charge in [-0.2, -0.15) is 5.10 Å². The molecule has 0 aromatic heterocycles. The average molecular weight is 367 g/mol. The molecule has 1 aliphatic rings. The van der Waals surface area contributed by atoms with E-state index in [9.17, 15) is 4.79 Å². The monoisotopic (exact) mass is 366 g/mol. The zero-order valence-electron chi connectivity index (χ0n) is 15.8. The SMILES string of the molecule is CSc1ccc(C=NNC(=O)C2CC2c2ccc(C(C)(C)C)cc2)cc1. The Kier molecular flexibility index (Phi) is 5.52. The number of hydrogen-bond donors (Lipinski definition) is 1. The topological polar surface area (TPSA) is 41.5 Å². The van der Waals surface area contributed by atoms with Crippen LogP contribution in [-0.2, 0) is 10.2 Å². The van der Waals surface area contributed by atoms with Gasteiger partial charge in [-0.1, -0.05) is 57.2 Å². The highest BCUT2D eigenvalue weighted by Crippen LogP contribution is 2.47. The summed E-state index contributed by atoms with van der Waals surface area (Å²) in [5.41, 5.74) is 6.38. The maximum Gasteiger partial charge on any atom is 0.243 e. The van der Waals surface area contributed by atoms with Crippen LogP contribution >= 0.6 is 11.8 Å². The van der Waals surface area contributed by atoms with Crippen molar-refractivity contribution in [2.45, 2.75) is 43.4 Å². The first-order chi connectivity index (χ1) is 12.4. The number of hydrogen-bond acceptors (Lipinski definition) is 3. The van der Waals surface area contributed by atoms with Gasteiger partial charge in [0, 0.05) is 10.8 Å².